The number of anilines is 1. The molecule has 0 aromatic heterocycles. The highest BCUT2D eigenvalue weighted by atomic mass is 19.3. The van der Waals surface area contributed by atoms with Crippen molar-refractivity contribution in [2.24, 2.45) is 0 Å². The van der Waals surface area contributed by atoms with Crippen LogP contribution in [0.3, 0.4) is 0 Å². The van der Waals surface area contributed by atoms with Crippen LogP contribution in [0.25, 0.3) is 0 Å². The number of nitrogens with zero attached hydrogens (tertiary/aromatic N) is 2. The van der Waals surface area contributed by atoms with Crippen LogP contribution in [0, 0.1) is 11.3 Å². The summed E-state index contributed by atoms with van der Waals surface area (Å²) in [6.45, 7) is -3.46. The van der Waals surface area contributed by atoms with Crippen molar-refractivity contribution in [1.29, 1.82) is 5.26 Å². The predicted molar refractivity (Wildman–Crippen MR) is 98.9 cm³/mol. The zero-order valence-corrected chi connectivity index (χ0v) is 15.5. The Balaban J connectivity index is 2.06. The SMILES string of the molecule is COc1cc(C(=O)OCC(=O)N(CCC#N)c2ccccc2)ccc1OC(F)F. The van der Waals surface area contributed by atoms with Gasteiger partial charge in [0.15, 0.2) is 18.1 Å². The van der Waals surface area contributed by atoms with E-state index in [1.54, 1.807) is 30.3 Å². The lowest BCUT2D eigenvalue weighted by Crippen LogP contribution is -2.35. The van der Waals surface area contributed by atoms with Gasteiger partial charge in [-0.05, 0) is 30.3 Å². The van der Waals surface area contributed by atoms with Crippen LogP contribution in [0.2, 0.25) is 0 Å². The Morgan fingerprint density at radius 3 is 2.48 bits per heavy atom. The Morgan fingerprint density at radius 2 is 1.86 bits per heavy atom. The van der Waals surface area contributed by atoms with Crippen molar-refractivity contribution in [2.75, 3.05) is 25.2 Å². The number of hydrogen-bond acceptors (Lipinski definition) is 6. The fourth-order valence-electron chi connectivity index (χ4n) is 2.44. The van der Waals surface area contributed by atoms with Crippen molar-refractivity contribution in [3.63, 3.8) is 0 Å². The first-order chi connectivity index (χ1) is 14.0. The van der Waals surface area contributed by atoms with Crippen LogP contribution in [0.1, 0.15) is 16.8 Å². The van der Waals surface area contributed by atoms with Crippen molar-refractivity contribution < 1.29 is 32.6 Å². The average Bonchev–Trinajstić information content (AvgIpc) is 2.73. The molecule has 0 bridgehead atoms. The second kappa shape index (κ2) is 10.6. The standard InChI is InChI=1S/C20H18F2N2O5/c1-27-17-12-14(8-9-16(17)29-20(21)22)19(26)28-13-18(25)24(11-5-10-23)15-6-3-2-4-7-15/h2-4,6-9,12,20H,5,11,13H2,1H3. The Hall–Kier alpha value is -3.67. The number of nitriles is 1. The van der Waals surface area contributed by atoms with Gasteiger partial charge < -0.3 is 19.1 Å². The molecule has 7 nitrogen and oxygen atoms in total. The van der Waals surface area contributed by atoms with Gasteiger partial charge in [0.2, 0.25) is 0 Å². The number of esters is 1. The maximum Gasteiger partial charge on any atom is 0.387 e. The lowest BCUT2D eigenvalue weighted by molar-refractivity contribution is -0.121. The summed E-state index contributed by atoms with van der Waals surface area (Å²) < 4.78 is 39.0. The van der Waals surface area contributed by atoms with E-state index in [9.17, 15) is 18.4 Å². The molecule has 2 rings (SSSR count). The molecule has 0 heterocycles. The highest BCUT2D eigenvalue weighted by molar-refractivity contribution is 5.97. The Labute approximate surface area is 166 Å². The number of carbonyl (C=O) groups is 2. The summed E-state index contributed by atoms with van der Waals surface area (Å²) in [5.41, 5.74) is 0.568. The fourth-order valence-corrected chi connectivity index (χ4v) is 2.44. The summed E-state index contributed by atoms with van der Waals surface area (Å²) in [6.07, 6.45) is 0.109. The van der Waals surface area contributed by atoms with E-state index in [0.717, 1.165) is 6.07 Å². The molecule has 2 aromatic rings. The molecule has 0 aliphatic heterocycles. The van der Waals surface area contributed by atoms with E-state index in [-0.39, 0.29) is 30.0 Å². The van der Waals surface area contributed by atoms with Crippen molar-refractivity contribution >= 4 is 17.6 Å². The molecular weight excluding hydrogens is 386 g/mol. The van der Waals surface area contributed by atoms with Gasteiger partial charge in [0.1, 0.15) is 0 Å². The number of para-hydroxylation sites is 1. The van der Waals surface area contributed by atoms with Gasteiger partial charge in [-0.15, -0.1) is 0 Å². The van der Waals surface area contributed by atoms with Gasteiger partial charge in [-0.3, -0.25) is 4.79 Å². The summed E-state index contributed by atoms with van der Waals surface area (Å²) in [5.74, 6) is -1.66. The van der Waals surface area contributed by atoms with Crippen molar-refractivity contribution in [1.82, 2.24) is 0 Å². The quantitative estimate of drug-likeness (QED) is 0.595. The number of methoxy groups -OCH3 is 1. The Morgan fingerprint density at radius 1 is 1.14 bits per heavy atom. The monoisotopic (exact) mass is 404 g/mol. The molecule has 0 aliphatic rings. The first-order valence-corrected chi connectivity index (χ1v) is 8.48. The minimum absolute atomic E-state index is 0.000415. The summed E-state index contributed by atoms with van der Waals surface area (Å²) in [6, 6.07) is 14.2. The molecule has 0 atom stereocenters. The van der Waals surface area contributed by atoms with Gasteiger partial charge in [0.25, 0.3) is 5.91 Å². The minimum atomic E-state index is -3.04. The van der Waals surface area contributed by atoms with E-state index >= 15 is 0 Å². The number of halogens is 2. The van der Waals surface area contributed by atoms with Gasteiger partial charge >= 0.3 is 12.6 Å². The van der Waals surface area contributed by atoms with Crippen LogP contribution in [-0.2, 0) is 9.53 Å². The summed E-state index contributed by atoms with van der Waals surface area (Å²) >= 11 is 0. The van der Waals surface area contributed by atoms with Gasteiger partial charge in [-0.2, -0.15) is 14.0 Å². The molecule has 29 heavy (non-hydrogen) atoms. The maximum absolute atomic E-state index is 12.5. The third kappa shape index (κ3) is 6.17. The second-order valence-electron chi connectivity index (χ2n) is 5.61. The molecule has 2 aromatic carbocycles. The Kier molecular flexibility index (Phi) is 7.91. The largest absolute Gasteiger partial charge is 0.493 e. The van der Waals surface area contributed by atoms with Gasteiger partial charge in [0, 0.05) is 12.2 Å². The lowest BCUT2D eigenvalue weighted by Gasteiger charge is -2.21. The highest BCUT2D eigenvalue weighted by Crippen LogP contribution is 2.29. The van der Waals surface area contributed by atoms with E-state index < -0.39 is 25.1 Å². The van der Waals surface area contributed by atoms with Crippen LogP contribution in [0.5, 0.6) is 11.5 Å². The predicted octanol–water partition coefficient (Wildman–Crippen LogP) is 3.40. The van der Waals surface area contributed by atoms with Crippen molar-refractivity contribution in [3.8, 4) is 17.6 Å². The normalized spacial score (nSPS) is 10.2. The molecule has 9 heteroatoms. The van der Waals surface area contributed by atoms with E-state index in [1.807, 2.05) is 6.07 Å². The lowest BCUT2D eigenvalue weighted by atomic mass is 10.2. The molecular formula is C20H18F2N2O5. The number of hydrogen-bond donors (Lipinski definition) is 0. The average molecular weight is 404 g/mol. The second-order valence-corrected chi connectivity index (χ2v) is 5.61. The van der Waals surface area contributed by atoms with Crippen LogP contribution in [-0.4, -0.2) is 38.7 Å². The van der Waals surface area contributed by atoms with Gasteiger partial charge in [-0.1, -0.05) is 18.2 Å². The minimum Gasteiger partial charge on any atom is -0.493 e. The number of carbonyl (C=O) groups excluding carboxylic acids is 2. The molecule has 0 aliphatic carbocycles. The molecule has 0 fully saturated rings. The summed E-state index contributed by atoms with van der Waals surface area (Å²) in [4.78, 5) is 26.1. The van der Waals surface area contributed by atoms with Crippen LogP contribution in [0.15, 0.2) is 48.5 Å². The van der Waals surface area contributed by atoms with Crippen molar-refractivity contribution in [3.05, 3.63) is 54.1 Å². The molecule has 0 saturated carbocycles. The zero-order valence-electron chi connectivity index (χ0n) is 15.5. The van der Waals surface area contributed by atoms with E-state index in [0.29, 0.717) is 5.69 Å². The van der Waals surface area contributed by atoms with E-state index in [4.69, 9.17) is 14.7 Å². The molecule has 0 spiro atoms. The highest BCUT2D eigenvalue weighted by Gasteiger charge is 2.19. The third-order valence-electron chi connectivity index (χ3n) is 3.76. The van der Waals surface area contributed by atoms with Crippen LogP contribution in [0.4, 0.5) is 14.5 Å². The topological polar surface area (TPSA) is 88.9 Å². The first kappa shape index (κ1) is 21.6. The molecule has 0 saturated heterocycles. The van der Waals surface area contributed by atoms with Gasteiger partial charge in [0.05, 0.1) is 25.2 Å². The number of alkyl halides is 2. The molecule has 0 unspecified atom stereocenters. The number of rotatable bonds is 9. The summed E-state index contributed by atoms with van der Waals surface area (Å²) in [5, 5.41) is 8.79. The molecule has 0 N–H and O–H groups in total. The molecule has 1 amide bonds. The summed E-state index contributed by atoms with van der Waals surface area (Å²) in [7, 11) is 1.24. The Bertz CT molecular complexity index is 884. The number of ether oxygens (including phenoxy) is 3. The first-order valence-electron chi connectivity index (χ1n) is 8.48. The molecule has 152 valence electrons. The zero-order chi connectivity index (χ0) is 21.2. The fraction of sp³-hybridized carbons (Fsp3) is 0.250. The van der Waals surface area contributed by atoms with Gasteiger partial charge in [-0.25, -0.2) is 4.79 Å². The molecule has 0 radical (unpaired) electrons. The van der Waals surface area contributed by atoms with E-state index in [1.165, 1.54) is 24.1 Å². The number of benzene rings is 2. The maximum atomic E-state index is 12.5. The smallest absolute Gasteiger partial charge is 0.387 e. The number of amides is 1. The van der Waals surface area contributed by atoms with Crippen LogP contribution >= 0.6 is 0 Å². The van der Waals surface area contributed by atoms with E-state index in [2.05, 4.69) is 4.74 Å². The van der Waals surface area contributed by atoms with Crippen LogP contribution < -0.4 is 14.4 Å². The third-order valence-corrected chi connectivity index (χ3v) is 3.76. The van der Waals surface area contributed by atoms with Crippen molar-refractivity contribution in [2.45, 2.75) is 13.0 Å².